The highest BCUT2D eigenvalue weighted by Gasteiger charge is 2.51. The molecule has 15 rings (SSSR count). The van der Waals surface area contributed by atoms with Gasteiger partial charge in [0, 0.05) is 27.6 Å². The van der Waals surface area contributed by atoms with Crippen molar-refractivity contribution >= 4 is 38.6 Å². The Balaban J connectivity index is 1.09. The molecule has 1 nitrogen and oxygen atoms in total. The monoisotopic (exact) mass is 927 g/mol. The molecule has 0 atom stereocenters. The molecule has 3 aliphatic rings. The van der Waals surface area contributed by atoms with Crippen LogP contribution in [0.15, 0.2) is 261 Å². The van der Waals surface area contributed by atoms with E-state index < -0.39 is 5.41 Å². The van der Waals surface area contributed by atoms with Gasteiger partial charge in [0.2, 0.25) is 0 Å². The van der Waals surface area contributed by atoms with E-state index in [1.165, 1.54) is 122 Å². The third-order valence-corrected chi connectivity index (χ3v) is 16.7. The maximum Gasteiger partial charge on any atom is 0.0725 e. The fourth-order valence-electron chi connectivity index (χ4n) is 13.6. The summed E-state index contributed by atoms with van der Waals surface area (Å²) < 4.78 is 0. The number of anilines is 3. The average Bonchev–Trinajstić information content (AvgIpc) is 4.01. The number of hydrogen-bond acceptors (Lipinski definition) is 1. The minimum absolute atomic E-state index is 0.215. The van der Waals surface area contributed by atoms with Crippen molar-refractivity contribution in [3.05, 3.63) is 294 Å². The number of rotatable bonds is 6. The summed E-state index contributed by atoms with van der Waals surface area (Å²) in [5, 5.41) is 4.87. The van der Waals surface area contributed by atoms with Crippen LogP contribution >= 0.6 is 0 Å². The molecule has 12 aromatic rings. The van der Waals surface area contributed by atoms with Crippen LogP contribution in [0.5, 0.6) is 0 Å². The topological polar surface area (TPSA) is 3.24 Å². The van der Waals surface area contributed by atoms with Crippen molar-refractivity contribution in [1.82, 2.24) is 0 Å². The second-order valence-corrected chi connectivity index (χ2v) is 20.6. The third kappa shape index (κ3) is 5.79. The first kappa shape index (κ1) is 41.7. The molecule has 0 bridgehead atoms. The summed E-state index contributed by atoms with van der Waals surface area (Å²) in [6, 6.07) is 98.2. The van der Waals surface area contributed by atoms with E-state index in [-0.39, 0.29) is 5.41 Å². The number of hydrogen-bond donors (Lipinski definition) is 0. The maximum atomic E-state index is 2.64. The SMILES string of the molecule is CC1(C)c2ccccc2-c2ccc(N(c3cccc(-c4ccccc4)c3-c3ccccc3)c3c(-c4ccc5c(c4)C4(c6ccccc6-c6ccccc64)c4ccccc4-5)c4ccccc4c4ccccc34)cc21. The second-order valence-electron chi connectivity index (χ2n) is 20.6. The standard InChI is InChI=1S/C72H49N/c1-71(2)61-35-17-13-28-53(61)57-43-41-49(45-65(57)71)73(67-39-21-34-50(46-22-5-3-6-23-46)68(67)47-24-7-4-8-25-47)70-60-33-12-10-27-52(60)51-26-9-11-32-59(51)69(70)48-40-42-58-56-31-16-20-38-64(56)72(66(58)44-48)62-36-18-14-29-54(62)55-30-15-19-37-63(55)72/h3-45H,1-2H3. The van der Waals surface area contributed by atoms with Crippen LogP contribution in [-0.4, -0.2) is 0 Å². The van der Waals surface area contributed by atoms with Gasteiger partial charge in [0.1, 0.15) is 0 Å². The molecule has 73 heavy (non-hydrogen) atoms. The van der Waals surface area contributed by atoms with Crippen molar-refractivity contribution in [3.8, 4) is 66.8 Å². The minimum atomic E-state index is -0.493. The Hall–Kier alpha value is -9.04. The molecule has 3 aliphatic carbocycles. The van der Waals surface area contributed by atoms with E-state index in [1.54, 1.807) is 0 Å². The van der Waals surface area contributed by atoms with Crippen molar-refractivity contribution in [3.63, 3.8) is 0 Å². The number of nitrogens with zero attached hydrogens (tertiary/aromatic N) is 1. The lowest BCUT2D eigenvalue weighted by Gasteiger charge is -2.34. The molecule has 0 heterocycles. The molecular formula is C72H49N. The lowest BCUT2D eigenvalue weighted by molar-refractivity contribution is 0.660. The fraction of sp³-hybridized carbons (Fsp3) is 0.0556. The summed E-state index contributed by atoms with van der Waals surface area (Å²) >= 11 is 0. The molecule has 1 spiro atoms. The van der Waals surface area contributed by atoms with Gasteiger partial charge in [0.25, 0.3) is 0 Å². The Kier molecular flexibility index (Phi) is 8.99. The van der Waals surface area contributed by atoms with Crippen LogP contribution in [0.25, 0.3) is 88.3 Å². The minimum Gasteiger partial charge on any atom is -0.309 e. The van der Waals surface area contributed by atoms with E-state index in [4.69, 9.17) is 0 Å². The lowest BCUT2D eigenvalue weighted by atomic mass is 9.70. The molecular weight excluding hydrogens is 879 g/mol. The van der Waals surface area contributed by atoms with E-state index in [0.29, 0.717) is 0 Å². The zero-order chi connectivity index (χ0) is 48.4. The molecule has 12 aromatic carbocycles. The van der Waals surface area contributed by atoms with E-state index >= 15 is 0 Å². The normalized spacial score (nSPS) is 13.8. The van der Waals surface area contributed by atoms with Crippen LogP contribution in [0.4, 0.5) is 17.1 Å². The molecule has 0 unspecified atom stereocenters. The smallest absolute Gasteiger partial charge is 0.0725 e. The van der Waals surface area contributed by atoms with Gasteiger partial charge in [-0.3, -0.25) is 0 Å². The number of benzene rings is 12. The highest BCUT2D eigenvalue weighted by molar-refractivity contribution is 6.23. The molecule has 1 heteroatoms. The van der Waals surface area contributed by atoms with Gasteiger partial charge in [-0.1, -0.05) is 250 Å². The van der Waals surface area contributed by atoms with Crippen LogP contribution in [0.3, 0.4) is 0 Å². The first-order valence-corrected chi connectivity index (χ1v) is 25.7. The second kappa shape index (κ2) is 15.7. The first-order chi connectivity index (χ1) is 36.0. The van der Waals surface area contributed by atoms with Gasteiger partial charge < -0.3 is 4.90 Å². The van der Waals surface area contributed by atoms with Crippen molar-refractivity contribution in [2.75, 3.05) is 4.90 Å². The van der Waals surface area contributed by atoms with E-state index in [0.717, 1.165) is 17.1 Å². The van der Waals surface area contributed by atoms with Crippen LogP contribution in [0.1, 0.15) is 47.2 Å². The Labute approximate surface area is 427 Å². The molecule has 0 saturated carbocycles. The van der Waals surface area contributed by atoms with Crippen molar-refractivity contribution in [2.24, 2.45) is 0 Å². The quantitative estimate of drug-likeness (QED) is 0.150. The third-order valence-electron chi connectivity index (χ3n) is 16.7. The van der Waals surface area contributed by atoms with E-state index in [1.807, 2.05) is 0 Å². The highest BCUT2D eigenvalue weighted by atomic mass is 15.2. The van der Waals surface area contributed by atoms with Gasteiger partial charge in [-0.2, -0.15) is 0 Å². The highest BCUT2D eigenvalue weighted by Crippen LogP contribution is 2.64. The zero-order valence-electron chi connectivity index (χ0n) is 40.8. The molecule has 0 amide bonds. The van der Waals surface area contributed by atoms with Gasteiger partial charge in [-0.05, 0) is 129 Å². The summed E-state index contributed by atoms with van der Waals surface area (Å²) in [7, 11) is 0. The predicted octanol–water partition coefficient (Wildman–Crippen LogP) is 19.1. The summed E-state index contributed by atoms with van der Waals surface area (Å²) in [5.74, 6) is 0. The van der Waals surface area contributed by atoms with Crippen molar-refractivity contribution in [1.29, 1.82) is 0 Å². The average molecular weight is 928 g/mol. The van der Waals surface area contributed by atoms with Crippen LogP contribution in [0, 0.1) is 0 Å². The van der Waals surface area contributed by atoms with Crippen LogP contribution < -0.4 is 4.90 Å². The first-order valence-electron chi connectivity index (χ1n) is 25.7. The Morgan fingerprint density at radius 1 is 0.274 bits per heavy atom. The Bertz CT molecular complexity index is 4170. The molecule has 0 aromatic heterocycles. The summed E-state index contributed by atoms with van der Waals surface area (Å²) in [5.41, 5.74) is 25.7. The Morgan fingerprint density at radius 2 is 0.726 bits per heavy atom. The van der Waals surface area contributed by atoms with Crippen molar-refractivity contribution in [2.45, 2.75) is 24.7 Å². The van der Waals surface area contributed by atoms with E-state index in [9.17, 15) is 0 Å². The molecule has 0 aliphatic heterocycles. The Morgan fingerprint density at radius 3 is 1.36 bits per heavy atom. The summed E-state index contributed by atoms with van der Waals surface area (Å²) in [6.45, 7) is 4.79. The predicted molar refractivity (Wildman–Crippen MR) is 306 cm³/mol. The summed E-state index contributed by atoms with van der Waals surface area (Å²) in [6.07, 6.45) is 0. The van der Waals surface area contributed by atoms with Crippen molar-refractivity contribution < 1.29 is 0 Å². The molecule has 0 radical (unpaired) electrons. The van der Waals surface area contributed by atoms with E-state index in [2.05, 4.69) is 280 Å². The lowest BCUT2D eigenvalue weighted by Crippen LogP contribution is -2.25. The van der Waals surface area contributed by atoms with Crippen LogP contribution in [0.2, 0.25) is 0 Å². The zero-order valence-corrected chi connectivity index (χ0v) is 40.8. The summed E-state index contributed by atoms with van der Waals surface area (Å²) in [4.78, 5) is 2.64. The fourth-order valence-corrected chi connectivity index (χ4v) is 13.6. The van der Waals surface area contributed by atoms with Gasteiger partial charge in [0.15, 0.2) is 0 Å². The van der Waals surface area contributed by atoms with Gasteiger partial charge in [0.05, 0.1) is 16.8 Å². The maximum absolute atomic E-state index is 2.64. The van der Waals surface area contributed by atoms with Gasteiger partial charge >= 0.3 is 0 Å². The molecule has 0 saturated heterocycles. The van der Waals surface area contributed by atoms with Gasteiger partial charge in [-0.25, -0.2) is 0 Å². The van der Waals surface area contributed by atoms with Gasteiger partial charge in [-0.15, -0.1) is 0 Å². The molecule has 342 valence electrons. The number of fused-ring (bicyclic) bond motifs is 16. The van der Waals surface area contributed by atoms with Crippen LogP contribution in [-0.2, 0) is 10.8 Å². The molecule has 0 N–H and O–H groups in total. The molecule has 0 fully saturated rings. The largest absolute Gasteiger partial charge is 0.309 e.